The summed E-state index contributed by atoms with van der Waals surface area (Å²) in [7, 11) is 0. The second-order valence-electron chi connectivity index (χ2n) is 4.70. The van der Waals surface area contributed by atoms with Gasteiger partial charge in [0.15, 0.2) is 0 Å². The van der Waals surface area contributed by atoms with E-state index in [0.29, 0.717) is 6.42 Å². The molecule has 0 saturated carbocycles. The number of nitrogens with zero attached hydrogens (tertiary/aromatic N) is 1. The van der Waals surface area contributed by atoms with Crippen LogP contribution in [0.5, 0.6) is 0 Å². The standard InChI is InChI=1S/C12H18N4O2/c1-3-7(2)10-12(18)15-9(11(17)16-10)4-8-5-13-6-14-8/h5-7,9-10H,3-4H2,1-2H3,(H,13,14)(H,15,18)(H,16,17)/t7-,9-,10-/m0/s1. The summed E-state index contributed by atoms with van der Waals surface area (Å²) < 4.78 is 0. The van der Waals surface area contributed by atoms with E-state index in [4.69, 9.17) is 0 Å². The molecule has 1 fully saturated rings. The number of hydrogen-bond acceptors (Lipinski definition) is 3. The van der Waals surface area contributed by atoms with Gasteiger partial charge in [-0.2, -0.15) is 0 Å². The van der Waals surface area contributed by atoms with Crippen molar-refractivity contribution in [3.05, 3.63) is 18.2 Å². The summed E-state index contributed by atoms with van der Waals surface area (Å²) in [5, 5.41) is 5.56. The van der Waals surface area contributed by atoms with Gasteiger partial charge in [0.2, 0.25) is 11.8 Å². The lowest BCUT2D eigenvalue weighted by molar-refractivity contribution is -0.138. The smallest absolute Gasteiger partial charge is 0.243 e. The lowest BCUT2D eigenvalue weighted by Crippen LogP contribution is -2.64. The monoisotopic (exact) mass is 250 g/mol. The second kappa shape index (κ2) is 5.20. The summed E-state index contributed by atoms with van der Waals surface area (Å²) in [5.74, 6) is -0.104. The molecule has 0 spiro atoms. The highest BCUT2D eigenvalue weighted by Crippen LogP contribution is 2.12. The summed E-state index contributed by atoms with van der Waals surface area (Å²) in [4.78, 5) is 30.7. The van der Waals surface area contributed by atoms with E-state index in [1.54, 1.807) is 12.5 Å². The fraction of sp³-hybridized carbons (Fsp3) is 0.583. The van der Waals surface area contributed by atoms with Crippen molar-refractivity contribution in [2.45, 2.75) is 38.8 Å². The SMILES string of the molecule is CC[C@H](C)[C@@H]1NC(=O)[C@H](Cc2c[nH]cn2)NC1=O. The Labute approximate surface area is 106 Å². The third-order valence-corrected chi connectivity index (χ3v) is 3.39. The Bertz CT molecular complexity index is 429. The van der Waals surface area contributed by atoms with Crippen molar-refractivity contribution < 1.29 is 9.59 Å². The Morgan fingerprint density at radius 2 is 2.11 bits per heavy atom. The molecule has 2 amide bonds. The molecule has 1 aliphatic rings. The number of carbonyl (C=O) groups excluding carboxylic acids is 2. The minimum Gasteiger partial charge on any atom is -0.351 e. The van der Waals surface area contributed by atoms with E-state index in [1.165, 1.54) is 0 Å². The van der Waals surface area contributed by atoms with E-state index in [0.717, 1.165) is 12.1 Å². The van der Waals surface area contributed by atoms with Crippen molar-refractivity contribution in [2.24, 2.45) is 5.92 Å². The third-order valence-electron chi connectivity index (χ3n) is 3.39. The largest absolute Gasteiger partial charge is 0.351 e. The number of aromatic nitrogens is 2. The van der Waals surface area contributed by atoms with Gasteiger partial charge in [-0.1, -0.05) is 20.3 Å². The molecule has 1 aromatic heterocycles. The zero-order valence-electron chi connectivity index (χ0n) is 10.6. The minimum atomic E-state index is -0.527. The van der Waals surface area contributed by atoms with Crippen LogP contribution >= 0.6 is 0 Å². The number of amides is 2. The molecular formula is C12H18N4O2. The van der Waals surface area contributed by atoms with E-state index in [1.807, 2.05) is 13.8 Å². The summed E-state index contributed by atoms with van der Waals surface area (Å²) in [6.07, 6.45) is 4.54. The predicted molar refractivity (Wildman–Crippen MR) is 65.6 cm³/mol. The zero-order chi connectivity index (χ0) is 13.1. The van der Waals surface area contributed by atoms with E-state index < -0.39 is 12.1 Å². The lowest BCUT2D eigenvalue weighted by atomic mass is 9.95. The van der Waals surface area contributed by atoms with Crippen LogP contribution in [0.15, 0.2) is 12.5 Å². The highest BCUT2D eigenvalue weighted by atomic mass is 16.2. The van der Waals surface area contributed by atoms with Crippen molar-refractivity contribution >= 4 is 11.8 Å². The topological polar surface area (TPSA) is 86.9 Å². The molecule has 6 heteroatoms. The van der Waals surface area contributed by atoms with Crippen LogP contribution in [-0.4, -0.2) is 33.9 Å². The average Bonchev–Trinajstić information content (AvgIpc) is 2.85. The zero-order valence-corrected chi connectivity index (χ0v) is 10.6. The molecule has 1 aromatic rings. The Morgan fingerprint density at radius 3 is 2.72 bits per heavy atom. The van der Waals surface area contributed by atoms with E-state index in [9.17, 15) is 9.59 Å². The van der Waals surface area contributed by atoms with Gasteiger partial charge in [0, 0.05) is 12.6 Å². The van der Waals surface area contributed by atoms with Gasteiger partial charge in [0.25, 0.3) is 0 Å². The van der Waals surface area contributed by atoms with Crippen LogP contribution in [-0.2, 0) is 16.0 Å². The quantitative estimate of drug-likeness (QED) is 0.702. The molecule has 3 atom stereocenters. The van der Waals surface area contributed by atoms with E-state index >= 15 is 0 Å². The number of aromatic amines is 1. The number of nitrogens with one attached hydrogen (secondary N) is 3. The van der Waals surface area contributed by atoms with Gasteiger partial charge in [0.05, 0.1) is 12.0 Å². The first-order valence-corrected chi connectivity index (χ1v) is 6.20. The Kier molecular flexibility index (Phi) is 3.64. The van der Waals surface area contributed by atoms with Gasteiger partial charge < -0.3 is 15.6 Å². The number of carbonyl (C=O) groups is 2. The van der Waals surface area contributed by atoms with Crippen LogP contribution in [0.3, 0.4) is 0 Å². The molecule has 0 bridgehead atoms. The maximum absolute atomic E-state index is 11.9. The minimum absolute atomic E-state index is 0.107. The fourth-order valence-electron chi connectivity index (χ4n) is 2.04. The molecule has 3 N–H and O–H groups in total. The van der Waals surface area contributed by atoms with Gasteiger partial charge in [-0.15, -0.1) is 0 Å². The molecule has 2 heterocycles. The number of H-pyrrole nitrogens is 1. The van der Waals surface area contributed by atoms with Gasteiger partial charge in [-0.05, 0) is 5.92 Å². The highest BCUT2D eigenvalue weighted by Gasteiger charge is 2.36. The number of imidazole rings is 1. The molecule has 98 valence electrons. The summed E-state index contributed by atoms with van der Waals surface area (Å²) in [6, 6.07) is -0.945. The van der Waals surface area contributed by atoms with Crippen molar-refractivity contribution in [2.75, 3.05) is 0 Å². The van der Waals surface area contributed by atoms with Crippen molar-refractivity contribution in [1.82, 2.24) is 20.6 Å². The molecule has 0 aromatic carbocycles. The van der Waals surface area contributed by atoms with E-state index in [2.05, 4.69) is 20.6 Å². The first-order chi connectivity index (χ1) is 8.61. The van der Waals surface area contributed by atoms with Gasteiger partial charge in [-0.3, -0.25) is 9.59 Å². The highest BCUT2D eigenvalue weighted by molar-refractivity contribution is 5.97. The molecule has 0 aliphatic carbocycles. The van der Waals surface area contributed by atoms with Crippen LogP contribution in [0.2, 0.25) is 0 Å². The first kappa shape index (κ1) is 12.6. The van der Waals surface area contributed by atoms with E-state index in [-0.39, 0.29) is 17.7 Å². The Balaban J connectivity index is 2.01. The molecule has 1 saturated heterocycles. The Hall–Kier alpha value is -1.85. The molecular weight excluding hydrogens is 232 g/mol. The van der Waals surface area contributed by atoms with Crippen LogP contribution in [0, 0.1) is 5.92 Å². The number of hydrogen-bond donors (Lipinski definition) is 3. The summed E-state index contributed by atoms with van der Waals surface area (Å²) in [6.45, 7) is 3.96. The number of piperazine rings is 1. The maximum atomic E-state index is 11.9. The molecule has 0 radical (unpaired) electrons. The molecule has 2 rings (SSSR count). The summed E-state index contributed by atoms with van der Waals surface area (Å²) in [5.41, 5.74) is 0.762. The normalized spacial score (nSPS) is 25.4. The molecule has 0 unspecified atom stereocenters. The fourth-order valence-corrected chi connectivity index (χ4v) is 2.04. The van der Waals surface area contributed by atoms with Crippen molar-refractivity contribution in [1.29, 1.82) is 0 Å². The van der Waals surface area contributed by atoms with Crippen LogP contribution in [0.1, 0.15) is 26.0 Å². The van der Waals surface area contributed by atoms with Crippen LogP contribution in [0.25, 0.3) is 0 Å². The van der Waals surface area contributed by atoms with Crippen molar-refractivity contribution in [3.63, 3.8) is 0 Å². The second-order valence-corrected chi connectivity index (χ2v) is 4.70. The maximum Gasteiger partial charge on any atom is 0.243 e. The lowest BCUT2D eigenvalue weighted by Gasteiger charge is -2.32. The van der Waals surface area contributed by atoms with Gasteiger partial charge in [-0.25, -0.2) is 4.98 Å². The molecule has 6 nitrogen and oxygen atoms in total. The average molecular weight is 250 g/mol. The first-order valence-electron chi connectivity index (χ1n) is 6.20. The number of rotatable bonds is 4. The summed E-state index contributed by atoms with van der Waals surface area (Å²) >= 11 is 0. The van der Waals surface area contributed by atoms with Crippen LogP contribution in [0.4, 0.5) is 0 Å². The molecule has 18 heavy (non-hydrogen) atoms. The predicted octanol–water partition coefficient (Wildman–Crippen LogP) is -0.0185. The van der Waals surface area contributed by atoms with Gasteiger partial charge in [0.1, 0.15) is 12.1 Å². The van der Waals surface area contributed by atoms with Gasteiger partial charge >= 0.3 is 0 Å². The van der Waals surface area contributed by atoms with Crippen LogP contribution < -0.4 is 10.6 Å². The third kappa shape index (κ3) is 2.52. The molecule has 1 aliphatic heterocycles. The van der Waals surface area contributed by atoms with Crippen molar-refractivity contribution in [3.8, 4) is 0 Å². The Morgan fingerprint density at radius 1 is 1.33 bits per heavy atom.